The molecule has 1 aliphatic heterocycles. The number of benzene rings is 3. The Balaban J connectivity index is 1.17. The van der Waals surface area contributed by atoms with E-state index in [0.29, 0.717) is 28.0 Å². The van der Waals surface area contributed by atoms with Crippen LogP contribution in [0.3, 0.4) is 0 Å². The lowest BCUT2D eigenvalue weighted by atomic mass is 9.98. The Hall–Kier alpha value is -4.30. The lowest BCUT2D eigenvalue weighted by Crippen LogP contribution is -2.43. The standard InChI is InChI=1S/C28H21ClN2O6/c29-26-16(9-15-11-24-25(37-14-36-24)12-22(15)30-26)10-23(27(32)33)31-28(34)35-13-21-19-7-3-1-5-17(19)18-6-2-4-8-20(18)21/h1-9,11-12,21,23H,10,13-14H2,(H,31,34)(H,32,33). The summed E-state index contributed by atoms with van der Waals surface area (Å²) in [5.74, 6) is -0.192. The summed E-state index contributed by atoms with van der Waals surface area (Å²) in [5, 5.41) is 13.1. The van der Waals surface area contributed by atoms with Gasteiger partial charge >= 0.3 is 12.1 Å². The van der Waals surface area contributed by atoms with Crippen molar-refractivity contribution in [1.29, 1.82) is 0 Å². The molecular weight excluding hydrogens is 496 g/mol. The van der Waals surface area contributed by atoms with E-state index in [2.05, 4.69) is 10.3 Å². The molecule has 1 aromatic heterocycles. The minimum absolute atomic E-state index is 0.0737. The Labute approximate surface area is 216 Å². The van der Waals surface area contributed by atoms with Gasteiger partial charge in [0.05, 0.1) is 5.52 Å². The van der Waals surface area contributed by atoms with E-state index in [-0.39, 0.29) is 30.9 Å². The zero-order valence-corrected chi connectivity index (χ0v) is 20.2. The number of nitrogens with zero attached hydrogens (tertiary/aromatic N) is 1. The largest absolute Gasteiger partial charge is 0.480 e. The maximum atomic E-state index is 12.7. The summed E-state index contributed by atoms with van der Waals surface area (Å²) in [5.41, 5.74) is 5.42. The van der Waals surface area contributed by atoms with Crippen molar-refractivity contribution in [2.24, 2.45) is 0 Å². The van der Waals surface area contributed by atoms with Crippen LogP contribution in [0.4, 0.5) is 4.79 Å². The molecule has 37 heavy (non-hydrogen) atoms. The Morgan fingerprint density at radius 3 is 2.35 bits per heavy atom. The van der Waals surface area contributed by atoms with Crippen molar-refractivity contribution >= 4 is 34.6 Å². The van der Waals surface area contributed by atoms with Gasteiger partial charge in [0.25, 0.3) is 0 Å². The second-order valence-electron chi connectivity index (χ2n) is 8.90. The first-order valence-corrected chi connectivity index (χ1v) is 12.1. The first kappa shape index (κ1) is 23.1. The van der Waals surface area contributed by atoms with Gasteiger partial charge < -0.3 is 24.6 Å². The third-order valence-electron chi connectivity index (χ3n) is 6.69. The summed E-state index contributed by atoms with van der Waals surface area (Å²) >= 11 is 6.36. The highest BCUT2D eigenvalue weighted by Gasteiger charge is 2.30. The van der Waals surface area contributed by atoms with Crippen molar-refractivity contribution in [2.75, 3.05) is 13.4 Å². The van der Waals surface area contributed by atoms with Gasteiger partial charge in [-0.15, -0.1) is 0 Å². The molecule has 1 amide bonds. The van der Waals surface area contributed by atoms with Crippen molar-refractivity contribution in [3.05, 3.63) is 88.6 Å². The zero-order valence-electron chi connectivity index (χ0n) is 19.4. The highest BCUT2D eigenvalue weighted by molar-refractivity contribution is 6.30. The summed E-state index contributed by atoms with van der Waals surface area (Å²) in [6.45, 7) is 0.203. The van der Waals surface area contributed by atoms with Gasteiger partial charge in [0.1, 0.15) is 17.8 Å². The second-order valence-corrected chi connectivity index (χ2v) is 9.26. The molecule has 0 saturated heterocycles. The molecule has 6 rings (SSSR count). The number of carboxylic acids is 1. The molecule has 0 spiro atoms. The van der Waals surface area contributed by atoms with Crippen LogP contribution in [0, 0.1) is 0 Å². The topological polar surface area (TPSA) is 107 Å². The Morgan fingerprint density at radius 1 is 1.03 bits per heavy atom. The number of nitrogens with one attached hydrogen (secondary N) is 1. The average Bonchev–Trinajstić information content (AvgIpc) is 3.48. The van der Waals surface area contributed by atoms with Gasteiger partial charge in [0.2, 0.25) is 6.79 Å². The van der Waals surface area contributed by atoms with Crippen molar-refractivity contribution in [3.63, 3.8) is 0 Å². The quantitative estimate of drug-likeness (QED) is 0.341. The first-order valence-electron chi connectivity index (χ1n) is 11.7. The zero-order chi connectivity index (χ0) is 25.5. The smallest absolute Gasteiger partial charge is 0.407 e. The molecule has 2 N–H and O–H groups in total. The van der Waals surface area contributed by atoms with Gasteiger partial charge in [-0.1, -0.05) is 60.1 Å². The fourth-order valence-electron chi connectivity index (χ4n) is 4.93. The highest BCUT2D eigenvalue weighted by Crippen LogP contribution is 2.44. The number of carbonyl (C=O) groups excluding carboxylic acids is 1. The van der Waals surface area contributed by atoms with Gasteiger partial charge in [0.15, 0.2) is 11.5 Å². The number of hydrogen-bond acceptors (Lipinski definition) is 6. The van der Waals surface area contributed by atoms with Crippen molar-refractivity contribution < 1.29 is 28.9 Å². The number of ether oxygens (including phenoxy) is 3. The molecule has 0 saturated carbocycles. The number of aliphatic carboxylic acids is 1. The molecule has 1 unspecified atom stereocenters. The van der Waals surface area contributed by atoms with Gasteiger partial charge in [-0.2, -0.15) is 0 Å². The molecule has 2 aliphatic rings. The van der Waals surface area contributed by atoms with Crippen molar-refractivity contribution in [3.8, 4) is 22.6 Å². The van der Waals surface area contributed by atoms with E-state index in [1.54, 1.807) is 18.2 Å². The highest BCUT2D eigenvalue weighted by atomic mass is 35.5. The van der Waals surface area contributed by atoms with Crippen LogP contribution in [0.5, 0.6) is 11.5 Å². The van der Waals surface area contributed by atoms with Crippen LogP contribution in [0.1, 0.15) is 22.6 Å². The lowest BCUT2D eigenvalue weighted by molar-refractivity contribution is -0.139. The molecule has 2 heterocycles. The number of rotatable bonds is 6. The SMILES string of the molecule is O=C(NC(Cc1cc2cc3c(cc2nc1Cl)OCO3)C(=O)O)OCC1c2ccccc2-c2ccccc21. The van der Waals surface area contributed by atoms with E-state index in [4.69, 9.17) is 25.8 Å². The van der Waals surface area contributed by atoms with E-state index in [0.717, 1.165) is 22.3 Å². The molecule has 186 valence electrons. The van der Waals surface area contributed by atoms with Gasteiger partial charge in [-0.3, -0.25) is 0 Å². The van der Waals surface area contributed by atoms with E-state index in [9.17, 15) is 14.7 Å². The number of amides is 1. The van der Waals surface area contributed by atoms with Crippen LogP contribution in [0.2, 0.25) is 5.15 Å². The maximum absolute atomic E-state index is 12.7. The summed E-state index contributed by atoms with van der Waals surface area (Å²) in [7, 11) is 0. The van der Waals surface area contributed by atoms with Crippen LogP contribution in [-0.2, 0) is 16.0 Å². The molecule has 4 aromatic rings. The molecule has 0 bridgehead atoms. The number of carboxylic acid groups (broad SMARTS) is 1. The summed E-state index contributed by atoms with van der Waals surface area (Å²) in [4.78, 5) is 29.0. The molecule has 0 radical (unpaired) electrons. The fourth-order valence-corrected chi connectivity index (χ4v) is 5.15. The number of alkyl carbamates (subject to hydrolysis) is 1. The maximum Gasteiger partial charge on any atom is 0.407 e. The van der Waals surface area contributed by atoms with Crippen LogP contribution in [0.15, 0.2) is 66.7 Å². The molecule has 3 aromatic carbocycles. The Bertz CT molecular complexity index is 1510. The molecule has 0 fully saturated rings. The van der Waals surface area contributed by atoms with Crippen LogP contribution in [0.25, 0.3) is 22.0 Å². The fraction of sp³-hybridized carbons (Fsp3) is 0.179. The predicted octanol–water partition coefficient (Wildman–Crippen LogP) is 5.15. The van der Waals surface area contributed by atoms with Crippen molar-refractivity contribution in [1.82, 2.24) is 10.3 Å². The number of halogens is 1. The van der Waals surface area contributed by atoms with E-state index in [1.165, 1.54) is 0 Å². The summed E-state index contributed by atoms with van der Waals surface area (Å²) < 4.78 is 16.3. The number of pyridine rings is 1. The normalized spacial score (nSPS) is 14.2. The average molecular weight is 517 g/mol. The number of aromatic nitrogens is 1. The molecule has 8 nitrogen and oxygen atoms in total. The molecular formula is C28H21ClN2O6. The number of hydrogen-bond donors (Lipinski definition) is 2. The predicted molar refractivity (Wildman–Crippen MR) is 136 cm³/mol. The lowest BCUT2D eigenvalue weighted by Gasteiger charge is -2.18. The van der Waals surface area contributed by atoms with Crippen LogP contribution in [-0.4, -0.2) is 41.6 Å². The Kier molecular flexibility index (Phi) is 5.81. The van der Waals surface area contributed by atoms with Crippen LogP contribution >= 0.6 is 11.6 Å². The molecule has 1 atom stereocenters. The number of fused-ring (bicyclic) bond motifs is 5. The number of carbonyl (C=O) groups is 2. The van der Waals surface area contributed by atoms with E-state index in [1.807, 2.05) is 48.5 Å². The molecule has 9 heteroatoms. The van der Waals surface area contributed by atoms with E-state index >= 15 is 0 Å². The minimum atomic E-state index is -1.26. The first-order chi connectivity index (χ1) is 18.0. The van der Waals surface area contributed by atoms with Crippen molar-refractivity contribution in [2.45, 2.75) is 18.4 Å². The molecule has 1 aliphatic carbocycles. The minimum Gasteiger partial charge on any atom is -0.480 e. The monoisotopic (exact) mass is 516 g/mol. The second kappa shape index (κ2) is 9.29. The van der Waals surface area contributed by atoms with Gasteiger partial charge in [-0.05, 0) is 39.9 Å². The van der Waals surface area contributed by atoms with Crippen LogP contribution < -0.4 is 14.8 Å². The summed E-state index contributed by atoms with van der Waals surface area (Å²) in [6.07, 6.45) is -0.891. The van der Waals surface area contributed by atoms with E-state index < -0.39 is 18.1 Å². The third kappa shape index (κ3) is 4.29. The van der Waals surface area contributed by atoms with Gasteiger partial charge in [-0.25, -0.2) is 14.6 Å². The Morgan fingerprint density at radius 2 is 1.68 bits per heavy atom. The third-order valence-corrected chi connectivity index (χ3v) is 7.02. The summed E-state index contributed by atoms with van der Waals surface area (Å²) in [6, 6.07) is 19.9. The van der Waals surface area contributed by atoms with Gasteiger partial charge in [0, 0.05) is 23.8 Å².